The van der Waals surface area contributed by atoms with Crippen LogP contribution in [0.4, 0.5) is 14.5 Å². The van der Waals surface area contributed by atoms with E-state index in [0.29, 0.717) is 0 Å². The third-order valence-corrected chi connectivity index (χ3v) is 2.11. The SMILES string of the molecule is Nc1c[nH]c2c(F)cc(Cl)c(F)c12. The average molecular weight is 203 g/mol. The van der Waals surface area contributed by atoms with Crippen molar-refractivity contribution in [2.75, 3.05) is 5.73 Å². The predicted octanol–water partition coefficient (Wildman–Crippen LogP) is 2.68. The molecule has 13 heavy (non-hydrogen) atoms. The van der Waals surface area contributed by atoms with Gasteiger partial charge < -0.3 is 10.7 Å². The standard InChI is InChI=1S/C8H5ClF2N2/c9-3-1-4(10)8-6(7(3)11)5(12)2-13-8/h1-2,13H,12H2. The van der Waals surface area contributed by atoms with Crippen molar-refractivity contribution < 1.29 is 8.78 Å². The zero-order chi connectivity index (χ0) is 9.59. The minimum absolute atomic E-state index is 0.00463. The van der Waals surface area contributed by atoms with Gasteiger partial charge in [0.1, 0.15) is 5.82 Å². The van der Waals surface area contributed by atoms with Crippen LogP contribution in [0.3, 0.4) is 0 Å². The maximum Gasteiger partial charge on any atom is 0.153 e. The summed E-state index contributed by atoms with van der Waals surface area (Å²) in [5, 5.41) is -0.263. The van der Waals surface area contributed by atoms with E-state index in [9.17, 15) is 8.78 Å². The number of H-pyrrole nitrogens is 1. The molecular weight excluding hydrogens is 198 g/mol. The molecule has 0 radical (unpaired) electrons. The summed E-state index contributed by atoms with van der Waals surface area (Å²) in [4.78, 5) is 2.53. The Morgan fingerprint density at radius 3 is 2.77 bits per heavy atom. The molecule has 0 amide bonds. The number of aromatic amines is 1. The molecule has 5 heteroatoms. The maximum absolute atomic E-state index is 13.3. The van der Waals surface area contributed by atoms with Crippen LogP contribution >= 0.6 is 11.6 Å². The number of anilines is 1. The van der Waals surface area contributed by atoms with Crippen LogP contribution in [0.25, 0.3) is 10.9 Å². The highest BCUT2D eigenvalue weighted by Gasteiger charge is 2.14. The van der Waals surface area contributed by atoms with Gasteiger partial charge in [0.15, 0.2) is 5.82 Å². The van der Waals surface area contributed by atoms with E-state index in [1.807, 2.05) is 0 Å². The van der Waals surface area contributed by atoms with Crippen LogP contribution in [0.5, 0.6) is 0 Å². The molecule has 1 heterocycles. The van der Waals surface area contributed by atoms with Gasteiger partial charge in [-0.15, -0.1) is 0 Å². The van der Waals surface area contributed by atoms with Gasteiger partial charge in [-0.1, -0.05) is 11.6 Å². The number of benzene rings is 1. The van der Waals surface area contributed by atoms with E-state index in [0.717, 1.165) is 6.07 Å². The number of nitrogens with one attached hydrogen (secondary N) is 1. The molecule has 68 valence electrons. The molecule has 0 fully saturated rings. The molecule has 3 N–H and O–H groups in total. The Morgan fingerprint density at radius 2 is 2.08 bits per heavy atom. The summed E-state index contributed by atoms with van der Waals surface area (Å²) in [6, 6.07) is 0.912. The Labute approximate surface area is 77.3 Å². The van der Waals surface area contributed by atoms with Crippen molar-refractivity contribution in [2.24, 2.45) is 0 Å². The normalized spacial score (nSPS) is 11.0. The average Bonchev–Trinajstić information content (AvgIpc) is 2.44. The van der Waals surface area contributed by atoms with E-state index in [1.165, 1.54) is 6.20 Å². The van der Waals surface area contributed by atoms with Crippen molar-refractivity contribution in [3.05, 3.63) is 28.9 Å². The Morgan fingerprint density at radius 1 is 1.38 bits per heavy atom. The van der Waals surface area contributed by atoms with Crippen LogP contribution in [0, 0.1) is 11.6 Å². The Kier molecular flexibility index (Phi) is 1.66. The Balaban J connectivity index is 3.00. The van der Waals surface area contributed by atoms with Crippen LogP contribution in [-0.4, -0.2) is 4.98 Å². The molecule has 1 aromatic carbocycles. The lowest BCUT2D eigenvalue weighted by Gasteiger charge is -1.98. The van der Waals surface area contributed by atoms with E-state index >= 15 is 0 Å². The highest BCUT2D eigenvalue weighted by atomic mass is 35.5. The lowest BCUT2D eigenvalue weighted by Crippen LogP contribution is -1.87. The van der Waals surface area contributed by atoms with Crippen molar-refractivity contribution in [2.45, 2.75) is 0 Å². The first-order valence-corrected chi connectivity index (χ1v) is 3.89. The molecule has 0 atom stereocenters. The minimum atomic E-state index is -0.697. The maximum atomic E-state index is 13.3. The van der Waals surface area contributed by atoms with Crippen molar-refractivity contribution >= 4 is 28.2 Å². The lowest BCUT2D eigenvalue weighted by atomic mass is 10.2. The first kappa shape index (κ1) is 8.31. The second kappa shape index (κ2) is 2.60. The molecule has 2 rings (SSSR count). The van der Waals surface area contributed by atoms with Gasteiger partial charge in [-0.2, -0.15) is 0 Å². The summed E-state index contributed by atoms with van der Waals surface area (Å²) in [6.45, 7) is 0. The highest BCUT2D eigenvalue weighted by molar-refractivity contribution is 6.31. The van der Waals surface area contributed by atoms with Gasteiger partial charge in [0.2, 0.25) is 0 Å². The zero-order valence-corrected chi connectivity index (χ0v) is 7.12. The largest absolute Gasteiger partial charge is 0.397 e. The predicted molar refractivity (Wildman–Crippen MR) is 47.6 cm³/mol. The van der Waals surface area contributed by atoms with E-state index in [-0.39, 0.29) is 21.6 Å². The van der Waals surface area contributed by atoms with Crippen LogP contribution in [-0.2, 0) is 0 Å². The van der Waals surface area contributed by atoms with Gasteiger partial charge in [0.25, 0.3) is 0 Å². The molecule has 0 aliphatic heterocycles. The van der Waals surface area contributed by atoms with E-state index in [1.54, 1.807) is 0 Å². The quantitative estimate of drug-likeness (QED) is 0.634. The number of rotatable bonds is 0. The van der Waals surface area contributed by atoms with E-state index < -0.39 is 11.6 Å². The number of aromatic nitrogens is 1. The second-order valence-corrected chi connectivity index (χ2v) is 3.06. The molecule has 0 aliphatic rings. The van der Waals surface area contributed by atoms with Gasteiger partial charge in [-0.25, -0.2) is 8.78 Å². The molecular formula is C8H5ClF2N2. The first-order valence-electron chi connectivity index (χ1n) is 3.51. The fraction of sp³-hybridized carbons (Fsp3) is 0. The Hall–Kier alpha value is -1.29. The van der Waals surface area contributed by atoms with Crippen molar-refractivity contribution in [3.63, 3.8) is 0 Å². The molecule has 0 aliphatic carbocycles. The fourth-order valence-electron chi connectivity index (χ4n) is 1.23. The zero-order valence-electron chi connectivity index (χ0n) is 6.37. The number of hydrogen-bond donors (Lipinski definition) is 2. The van der Waals surface area contributed by atoms with Crippen LogP contribution in [0.2, 0.25) is 5.02 Å². The highest BCUT2D eigenvalue weighted by Crippen LogP contribution is 2.30. The molecule has 0 bridgehead atoms. The van der Waals surface area contributed by atoms with Gasteiger partial charge in [0, 0.05) is 6.20 Å². The van der Waals surface area contributed by atoms with Crippen molar-refractivity contribution in [3.8, 4) is 0 Å². The Bertz CT molecular complexity index is 478. The van der Waals surface area contributed by atoms with Gasteiger partial charge in [0.05, 0.1) is 21.6 Å². The molecule has 0 saturated heterocycles. The fourth-order valence-corrected chi connectivity index (χ4v) is 1.42. The number of nitrogens with two attached hydrogens (primary N) is 1. The van der Waals surface area contributed by atoms with Crippen LogP contribution in [0.1, 0.15) is 0 Å². The monoisotopic (exact) mass is 202 g/mol. The summed E-state index contributed by atoms with van der Waals surface area (Å²) in [7, 11) is 0. The molecule has 2 nitrogen and oxygen atoms in total. The third kappa shape index (κ3) is 1.06. The number of nitrogen functional groups attached to an aromatic ring is 1. The van der Waals surface area contributed by atoms with E-state index in [2.05, 4.69) is 4.98 Å². The summed E-state index contributed by atoms with van der Waals surface area (Å²) in [6.07, 6.45) is 1.33. The molecule has 0 saturated carbocycles. The van der Waals surface area contributed by atoms with Crippen molar-refractivity contribution in [1.29, 1.82) is 0 Å². The van der Waals surface area contributed by atoms with Gasteiger partial charge in [-0.3, -0.25) is 0 Å². The molecule has 2 aromatic rings. The number of fused-ring (bicyclic) bond motifs is 1. The van der Waals surface area contributed by atoms with Gasteiger partial charge in [-0.05, 0) is 6.07 Å². The third-order valence-electron chi connectivity index (χ3n) is 1.83. The van der Waals surface area contributed by atoms with E-state index in [4.69, 9.17) is 17.3 Å². The lowest BCUT2D eigenvalue weighted by molar-refractivity contribution is 0.617. The second-order valence-electron chi connectivity index (χ2n) is 2.65. The molecule has 0 spiro atoms. The summed E-state index contributed by atoms with van der Waals surface area (Å²) in [5.74, 6) is -1.31. The summed E-state index contributed by atoms with van der Waals surface area (Å²) >= 11 is 5.44. The first-order chi connectivity index (χ1) is 6.11. The number of hydrogen-bond acceptors (Lipinski definition) is 1. The minimum Gasteiger partial charge on any atom is -0.397 e. The number of halogens is 3. The molecule has 0 unspecified atom stereocenters. The topological polar surface area (TPSA) is 41.8 Å². The van der Waals surface area contributed by atoms with Crippen LogP contribution in [0.15, 0.2) is 12.3 Å². The summed E-state index contributed by atoms with van der Waals surface area (Å²) < 4.78 is 26.4. The molecule has 1 aromatic heterocycles. The van der Waals surface area contributed by atoms with Crippen LogP contribution < -0.4 is 5.73 Å². The smallest absolute Gasteiger partial charge is 0.153 e. The summed E-state index contributed by atoms with van der Waals surface area (Å²) in [5.41, 5.74) is 5.61. The van der Waals surface area contributed by atoms with Gasteiger partial charge >= 0.3 is 0 Å². The van der Waals surface area contributed by atoms with Crippen molar-refractivity contribution in [1.82, 2.24) is 4.98 Å².